The molecule has 4 nitrogen and oxygen atoms in total. The number of hydrogen-bond acceptors (Lipinski definition) is 4. The molecule has 0 bridgehead atoms. The van der Waals surface area contributed by atoms with E-state index in [1.807, 2.05) is 18.2 Å². The van der Waals surface area contributed by atoms with Gasteiger partial charge in [0.25, 0.3) is 0 Å². The van der Waals surface area contributed by atoms with Crippen LogP contribution >= 0.6 is 0 Å². The monoisotopic (exact) mass is 323 g/mol. The summed E-state index contributed by atoms with van der Waals surface area (Å²) in [5.41, 5.74) is 1.21. The van der Waals surface area contributed by atoms with Crippen LogP contribution in [-0.2, 0) is 19.1 Å². The maximum atomic E-state index is 12.9. The van der Waals surface area contributed by atoms with E-state index in [1.165, 1.54) is 6.92 Å². The summed E-state index contributed by atoms with van der Waals surface area (Å²) in [7, 11) is 1.71. The number of aromatic nitrogens is 2. The van der Waals surface area contributed by atoms with Crippen molar-refractivity contribution in [1.82, 2.24) is 9.97 Å². The fraction of sp³-hybridized carbons (Fsp3) is 0.375. The number of benzene rings is 1. The Morgan fingerprint density at radius 1 is 1.22 bits per heavy atom. The molecule has 122 valence electrons. The van der Waals surface area contributed by atoms with Gasteiger partial charge in [0.1, 0.15) is 23.1 Å². The molecule has 7 heteroatoms. The van der Waals surface area contributed by atoms with Crippen LogP contribution in [0.4, 0.5) is 19.0 Å². The minimum atomic E-state index is -4.48. The topological polar surface area (TPSA) is 38.2 Å². The molecular weight excluding hydrogens is 307 g/mol. The highest BCUT2D eigenvalue weighted by molar-refractivity contribution is 5.44. The first kappa shape index (κ1) is 15.6. The average Bonchev–Trinajstić information content (AvgIpc) is 2.93. The van der Waals surface area contributed by atoms with E-state index >= 15 is 0 Å². The van der Waals surface area contributed by atoms with Gasteiger partial charge in [0, 0.05) is 26.1 Å². The quantitative estimate of drug-likeness (QED) is 0.868. The number of fused-ring (bicyclic) bond motifs is 1. The molecule has 1 aromatic carbocycles. The van der Waals surface area contributed by atoms with Gasteiger partial charge in [-0.1, -0.05) is 12.1 Å². The Labute approximate surface area is 131 Å². The average molecular weight is 323 g/mol. The largest absolute Gasteiger partial charge is 0.493 e. The second-order valence-corrected chi connectivity index (χ2v) is 5.55. The van der Waals surface area contributed by atoms with Crippen LogP contribution < -0.4 is 9.64 Å². The number of alkyl halides is 3. The summed E-state index contributed by atoms with van der Waals surface area (Å²) in [6, 6.07) is 6.82. The zero-order valence-corrected chi connectivity index (χ0v) is 12.8. The Hall–Kier alpha value is -2.31. The van der Waals surface area contributed by atoms with E-state index in [1.54, 1.807) is 11.9 Å². The van der Waals surface area contributed by atoms with Crippen molar-refractivity contribution in [2.45, 2.75) is 26.1 Å². The molecule has 0 N–H and O–H groups in total. The van der Waals surface area contributed by atoms with Crippen molar-refractivity contribution >= 4 is 5.82 Å². The van der Waals surface area contributed by atoms with Gasteiger partial charge in [0.15, 0.2) is 0 Å². The lowest BCUT2D eigenvalue weighted by molar-refractivity contribution is -0.141. The van der Waals surface area contributed by atoms with Crippen LogP contribution in [0.3, 0.4) is 0 Å². The number of aryl methyl sites for hydroxylation is 1. The Balaban J connectivity index is 1.83. The number of rotatable bonds is 3. The summed E-state index contributed by atoms with van der Waals surface area (Å²) in [6.07, 6.45) is -3.62. The van der Waals surface area contributed by atoms with Gasteiger partial charge in [-0.3, -0.25) is 0 Å². The number of hydrogen-bond donors (Lipinski definition) is 0. The molecular formula is C16H16F3N3O. The molecule has 23 heavy (non-hydrogen) atoms. The van der Waals surface area contributed by atoms with Gasteiger partial charge >= 0.3 is 6.18 Å². The summed E-state index contributed by atoms with van der Waals surface area (Å²) in [6.45, 7) is 2.59. The maximum Gasteiger partial charge on any atom is 0.433 e. The Morgan fingerprint density at radius 2 is 2.00 bits per heavy atom. The second kappa shape index (κ2) is 5.72. The highest BCUT2D eigenvalue weighted by atomic mass is 19.4. The molecule has 1 aromatic heterocycles. The third-order valence-corrected chi connectivity index (χ3v) is 3.68. The van der Waals surface area contributed by atoms with Crippen LogP contribution in [0.25, 0.3) is 0 Å². The standard InChI is InChI=1S/C16H16F3N3O/c1-10-20-14(16(17,18)19)8-15(21-10)22(2)9-11-3-4-13-12(7-11)5-6-23-13/h3-4,7-8H,5-6,9H2,1-2H3. The van der Waals surface area contributed by atoms with E-state index < -0.39 is 11.9 Å². The molecule has 0 unspecified atom stereocenters. The normalized spacial score (nSPS) is 13.6. The summed E-state index contributed by atoms with van der Waals surface area (Å²) in [5, 5.41) is 0. The van der Waals surface area contributed by atoms with Crippen LogP contribution in [0.15, 0.2) is 24.3 Å². The molecule has 0 spiro atoms. The van der Waals surface area contributed by atoms with Crippen LogP contribution in [0.5, 0.6) is 5.75 Å². The number of ether oxygens (including phenoxy) is 1. The van der Waals surface area contributed by atoms with Crippen molar-refractivity contribution < 1.29 is 17.9 Å². The molecule has 0 fully saturated rings. The van der Waals surface area contributed by atoms with Gasteiger partial charge in [0.2, 0.25) is 0 Å². The van der Waals surface area contributed by atoms with Crippen molar-refractivity contribution in [2.75, 3.05) is 18.6 Å². The van der Waals surface area contributed by atoms with Crippen molar-refractivity contribution in [3.8, 4) is 5.75 Å². The summed E-state index contributed by atoms with van der Waals surface area (Å²) < 4.78 is 44.0. The zero-order valence-electron chi connectivity index (χ0n) is 12.8. The first-order chi connectivity index (χ1) is 10.8. The SMILES string of the molecule is Cc1nc(N(C)Cc2ccc3c(c2)CCO3)cc(C(F)(F)F)n1. The van der Waals surface area contributed by atoms with Crippen LogP contribution in [0, 0.1) is 6.92 Å². The Kier molecular flexibility index (Phi) is 3.87. The van der Waals surface area contributed by atoms with E-state index in [4.69, 9.17) is 4.74 Å². The van der Waals surface area contributed by atoms with E-state index in [-0.39, 0.29) is 11.6 Å². The molecule has 1 aliphatic rings. The lowest BCUT2D eigenvalue weighted by Gasteiger charge is -2.20. The maximum absolute atomic E-state index is 12.9. The molecule has 0 saturated carbocycles. The highest BCUT2D eigenvalue weighted by Gasteiger charge is 2.33. The van der Waals surface area contributed by atoms with Gasteiger partial charge in [-0.05, 0) is 24.1 Å². The van der Waals surface area contributed by atoms with Crippen LogP contribution in [0.2, 0.25) is 0 Å². The molecule has 0 aliphatic carbocycles. The number of anilines is 1. The predicted molar refractivity (Wildman–Crippen MR) is 79.5 cm³/mol. The predicted octanol–water partition coefficient (Wildman–Crippen LogP) is 3.38. The van der Waals surface area contributed by atoms with Gasteiger partial charge in [-0.25, -0.2) is 9.97 Å². The van der Waals surface area contributed by atoms with E-state index in [9.17, 15) is 13.2 Å². The first-order valence-corrected chi connectivity index (χ1v) is 7.21. The van der Waals surface area contributed by atoms with Gasteiger partial charge in [0.05, 0.1) is 6.61 Å². The first-order valence-electron chi connectivity index (χ1n) is 7.21. The highest BCUT2D eigenvalue weighted by Crippen LogP contribution is 2.30. The number of nitrogens with zero attached hydrogens (tertiary/aromatic N) is 3. The second-order valence-electron chi connectivity index (χ2n) is 5.55. The molecule has 3 rings (SSSR count). The minimum Gasteiger partial charge on any atom is -0.493 e. The molecule has 2 heterocycles. The fourth-order valence-electron chi connectivity index (χ4n) is 2.59. The number of halogens is 3. The van der Waals surface area contributed by atoms with Gasteiger partial charge in [-0.2, -0.15) is 13.2 Å². The molecule has 1 aliphatic heterocycles. The lowest BCUT2D eigenvalue weighted by Crippen LogP contribution is -2.20. The zero-order chi connectivity index (χ0) is 16.6. The van der Waals surface area contributed by atoms with Crippen molar-refractivity contribution in [3.05, 3.63) is 46.9 Å². The van der Waals surface area contributed by atoms with Crippen LogP contribution in [-0.4, -0.2) is 23.6 Å². The van der Waals surface area contributed by atoms with Crippen molar-refractivity contribution in [1.29, 1.82) is 0 Å². The minimum absolute atomic E-state index is 0.101. The van der Waals surface area contributed by atoms with Gasteiger partial charge < -0.3 is 9.64 Å². The van der Waals surface area contributed by atoms with E-state index in [0.717, 1.165) is 29.4 Å². The third kappa shape index (κ3) is 3.38. The molecule has 0 atom stereocenters. The molecule has 0 radical (unpaired) electrons. The lowest BCUT2D eigenvalue weighted by atomic mass is 10.1. The third-order valence-electron chi connectivity index (χ3n) is 3.68. The van der Waals surface area contributed by atoms with Crippen molar-refractivity contribution in [2.24, 2.45) is 0 Å². The van der Waals surface area contributed by atoms with Crippen LogP contribution in [0.1, 0.15) is 22.6 Å². The molecule has 0 saturated heterocycles. The van der Waals surface area contributed by atoms with Crippen molar-refractivity contribution in [3.63, 3.8) is 0 Å². The van der Waals surface area contributed by atoms with E-state index in [2.05, 4.69) is 9.97 Å². The summed E-state index contributed by atoms with van der Waals surface area (Å²) in [4.78, 5) is 9.25. The summed E-state index contributed by atoms with van der Waals surface area (Å²) >= 11 is 0. The van der Waals surface area contributed by atoms with Gasteiger partial charge in [-0.15, -0.1) is 0 Å². The summed E-state index contributed by atoms with van der Waals surface area (Å²) in [5.74, 6) is 1.24. The fourth-order valence-corrected chi connectivity index (χ4v) is 2.59. The Morgan fingerprint density at radius 3 is 2.74 bits per heavy atom. The molecule has 2 aromatic rings. The smallest absolute Gasteiger partial charge is 0.433 e. The Bertz CT molecular complexity index is 731. The molecule has 0 amide bonds. The van der Waals surface area contributed by atoms with E-state index in [0.29, 0.717) is 13.2 Å².